The number of esters is 2. The third-order valence-corrected chi connectivity index (χ3v) is 5.12. The Kier molecular flexibility index (Phi) is 8.71. The standard InChI is InChI=1S/C20H23O9P/c1-3-26-30(2,25)27-13-14-8-9-15(11-21)18(10-14)29-20(24)16-6-4-5-7-17(16)28-19(23)12-22/h4-10,21-22H,3,11-13H2,1-2H3. The van der Waals surface area contributed by atoms with Gasteiger partial charge in [-0.2, -0.15) is 0 Å². The van der Waals surface area contributed by atoms with E-state index in [9.17, 15) is 19.3 Å². The number of carbonyl (C=O) groups excluding carboxylic acids is 2. The molecule has 0 aliphatic carbocycles. The van der Waals surface area contributed by atoms with Crippen molar-refractivity contribution >= 4 is 19.5 Å². The van der Waals surface area contributed by atoms with Gasteiger partial charge in [0.05, 0.1) is 19.8 Å². The third-order valence-electron chi connectivity index (χ3n) is 3.79. The van der Waals surface area contributed by atoms with E-state index in [1.807, 2.05) is 0 Å². The molecule has 0 fully saturated rings. The molecule has 0 saturated heterocycles. The van der Waals surface area contributed by atoms with Gasteiger partial charge in [0.25, 0.3) is 0 Å². The molecule has 0 bridgehead atoms. The van der Waals surface area contributed by atoms with Crippen LogP contribution in [-0.4, -0.2) is 42.0 Å². The van der Waals surface area contributed by atoms with E-state index in [2.05, 4.69) is 0 Å². The lowest BCUT2D eigenvalue weighted by Crippen LogP contribution is -2.17. The number of aliphatic hydroxyl groups excluding tert-OH is 2. The summed E-state index contributed by atoms with van der Waals surface area (Å²) >= 11 is 0. The summed E-state index contributed by atoms with van der Waals surface area (Å²) in [6.07, 6.45) is 0. The molecular formula is C20H23O9P. The molecule has 0 saturated carbocycles. The molecule has 0 spiro atoms. The van der Waals surface area contributed by atoms with E-state index in [1.165, 1.54) is 24.9 Å². The Morgan fingerprint density at radius 2 is 1.73 bits per heavy atom. The van der Waals surface area contributed by atoms with E-state index in [4.69, 9.17) is 23.6 Å². The maximum Gasteiger partial charge on any atom is 0.347 e. The number of rotatable bonds is 10. The third kappa shape index (κ3) is 6.76. The highest BCUT2D eigenvalue weighted by atomic mass is 31.2. The van der Waals surface area contributed by atoms with Crippen molar-refractivity contribution in [3.05, 3.63) is 59.2 Å². The molecule has 0 radical (unpaired) electrons. The molecule has 2 rings (SSSR count). The molecular weight excluding hydrogens is 415 g/mol. The second-order valence-electron chi connectivity index (χ2n) is 6.08. The maximum atomic E-state index is 12.6. The van der Waals surface area contributed by atoms with Crippen molar-refractivity contribution in [3.8, 4) is 11.5 Å². The fraction of sp³-hybridized carbons (Fsp3) is 0.300. The average Bonchev–Trinajstić information content (AvgIpc) is 2.72. The molecule has 0 aliphatic rings. The van der Waals surface area contributed by atoms with Crippen LogP contribution >= 0.6 is 7.60 Å². The van der Waals surface area contributed by atoms with Crippen LogP contribution in [0.25, 0.3) is 0 Å². The lowest BCUT2D eigenvalue weighted by Gasteiger charge is -2.15. The zero-order valence-corrected chi connectivity index (χ0v) is 17.5. The Labute approximate surface area is 173 Å². The number of benzene rings is 2. The van der Waals surface area contributed by atoms with E-state index < -0.39 is 32.7 Å². The Morgan fingerprint density at radius 1 is 1.00 bits per heavy atom. The first-order valence-corrected chi connectivity index (χ1v) is 11.0. The lowest BCUT2D eigenvalue weighted by molar-refractivity contribution is -0.137. The number of aliphatic hydroxyl groups is 2. The van der Waals surface area contributed by atoms with E-state index in [1.54, 1.807) is 31.2 Å². The van der Waals surface area contributed by atoms with Gasteiger partial charge in [0.2, 0.25) is 0 Å². The molecule has 9 nitrogen and oxygen atoms in total. The zero-order valence-electron chi connectivity index (χ0n) is 16.6. The smallest absolute Gasteiger partial charge is 0.347 e. The number of hydrogen-bond donors (Lipinski definition) is 2. The summed E-state index contributed by atoms with van der Waals surface area (Å²) in [6.45, 7) is 1.99. The lowest BCUT2D eigenvalue weighted by atomic mass is 10.1. The summed E-state index contributed by atoms with van der Waals surface area (Å²) in [4.78, 5) is 24.0. The van der Waals surface area contributed by atoms with Crippen molar-refractivity contribution < 1.29 is 42.9 Å². The van der Waals surface area contributed by atoms with E-state index in [0.29, 0.717) is 11.1 Å². The van der Waals surface area contributed by atoms with Crippen molar-refractivity contribution in [3.63, 3.8) is 0 Å². The van der Waals surface area contributed by atoms with Crippen LogP contribution in [0.2, 0.25) is 0 Å². The number of para-hydroxylation sites is 1. The van der Waals surface area contributed by atoms with Gasteiger partial charge in [-0.05, 0) is 30.7 Å². The first kappa shape index (κ1) is 23.7. The van der Waals surface area contributed by atoms with Crippen LogP contribution in [0.15, 0.2) is 42.5 Å². The van der Waals surface area contributed by atoms with Crippen LogP contribution in [-0.2, 0) is 31.6 Å². The minimum atomic E-state index is -3.22. The van der Waals surface area contributed by atoms with Gasteiger partial charge in [0.1, 0.15) is 23.7 Å². The molecule has 2 aromatic carbocycles. The Balaban J connectivity index is 2.22. The molecule has 0 amide bonds. The largest absolute Gasteiger partial charge is 0.424 e. The predicted octanol–water partition coefficient (Wildman–Crippen LogP) is 2.67. The van der Waals surface area contributed by atoms with Crippen LogP contribution in [0.4, 0.5) is 0 Å². The molecule has 0 aliphatic heterocycles. The first-order valence-electron chi connectivity index (χ1n) is 9.01. The number of carbonyl (C=O) groups is 2. The van der Waals surface area contributed by atoms with Crippen LogP contribution in [0.3, 0.4) is 0 Å². The number of hydrogen-bond acceptors (Lipinski definition) is 9. The summed E-state index contributed by atoms with van der Waals surface area (Å²) in [5.74, 6) is -1.77. The predicted molar refractivity (Wildman–Crippen MR) is 106 cm³/mol. The van der Waals surface area contributed by atoms with Crippen LogP contribution < -0.4 is 9.47 Å². The monoisotopic (exact) mass is 438 g/mol. The Bertz CT molecular complexity index is 942. The molecule has 1 atom stereocenters. The van der Waals surface area contributed by atoms with Crippen molar-refractivity contribution in [2.45, 2.75) is 20.1 Å². The topological polar surface area (TPSA) is 129 Å². The minimum absolute atomic E-state index is 0.0424. The fourth-order valence-electron chi connectivity index (χ4n) is 2.41. The van der Waals surface area contributed by atoms with Crippen LogP contribution in [0.5, 0.6) is 11.5 Å². The maximum absolute atomic E-state index is 12.6. The highest BCUT2D eigenvalue weighted by molar-refractivity contribution is 7.52. The summed E-state index contributed by atoms with van der Waals surface area (Å²) in [7, 11) is -3.22. The second-order valence-corrected chi connectivity index (χ2v) is 8.14. The van der Waals surface area contributed by atoms with E-state index >= 15 is 0 Å². The molecule has 30 heavy (non-hydrogen) atoms. The van der Waals surface area contributed by atoms with Crippen molar-refractivity contribution in [2.24, 2.45) is 0 Å². The molecule has 2 N–H and O–H groups in total. The molecule has 1 unspecified atom stereocenters. The summed E-state index contributed by atoms with van der Waals surface area (Å²) in [5, 5.41) is 18.4. The normalized spacial score (nSPS) is 12.8. The van der Waals surface area contributed by atoms with Gasteiger partial charge >= 0.3 is 19.5 Å². The zero-order chi connectivity index (χ0) is 22.1. The number of ether oxygens (including phenoxy) is 2. The summed E-state index contributed by atoms with van der Waals surface area (Å²) < 4.78 is 32.7. The van der Waals surface area contributed by atoms with Crippen molar-refractivity contribution in [1.82, 2.24) is 0 Å². The van der Waals surface area contributed by atoms with Gasteiger partial charge in [-0.3, -0.25) is 4.57 Å². The molecule has 0 heterocycles. The Hall–Kier alpha value is -2.55. The van der Waals surface area contributed by atoms with Gasteiger partial charge in [0.15, 0.2) is 0 Å². The first-order chi connectivity index (χ1) is 14.3. The van der Waals surface area contributed by atoms with Gasteiger partial charge in [-0.1, -0.05) is 24.3 Å². The molecule has 162 valence electrons. The summed E-state index contributed by atoms with van der Waals surface area (Å²) in [5.41, 5.74) is 0.831. The Morgan fingerprint density at radius 3 is 2.40 bits per heavy atom. The fourth-order valence-corrected chi connectivity index (χ4v) is 3.34. The van der Waals surface area contributed by atoms with Crippen LogP contribution in [0, 0.1) is 0 Å². The highest BCUT2D eigenvalue weighted by Crippen LogP contribution is 2.44. The molecule has 10 heteroatoms. The van der Waals surface area contributed by atoms with E-state index in [0.717, 1.165) is 0 Å². The van der Waals surface area contributed by atoms with Gasteiger partial charge in [0, 0.05) is 12.2 Å². The van der Waals surface area contributed by atoms with Gasteiger partial charge < -0.3 is 28.7 Å². The quantitative estimate of drug-likeness (QED) is 0.327. The summed E-state index contributed by atoms with van der Waals surface area (Å²) in [6, 6.07) is 10.5. The van der Waals surface area contributed by atoms with Gasteiger partial charge in [-0.25, -0.2) is 9.59 Å². The van der Waals surface area contributed by atoms with Crippen LogP contribution in [0.1, 0.15) is 28.4 Å². The van der Waals surface area contributed by atoms with Crippen molar-refractivity contribution in [2.75, 3.05) is 19.9 Å². The SMILES string of the molecule is CCOP(C)(=O)OCc1ccc(CO)c(OC(=O)c2ccccc2OC(=O)CO)c1. The molecule has 2 aromatic rings. The minimum Gasteiger partial charge on any atom is -0.424 e. The average molecular weight is 438 g/mol. The second kappa shape index (κ2) is 11.0. The molecule has 0 aromatic heterocycles. The highest BCUT2D eigenvalue weighted by Gasteiger charge is 2.20. The van der Waals surface area contributed by atoms with Gasteiger partial charge in [-0.15, -0.1) is 0 Å². The van der Waals surface area contributed by atoms with Crippen molar-refractivity contribution in [1.29, 1.82) is 0 Å². The van der Waals surface area contributed by atoms with E-state index in [-0.39, 0.29) is 30.3 Å².